The molecule has 0 aliphatic heterocycles. The third kappa shape index (κ3) is 1.48. The lowest BCUT2D eigenvalue weighted by Gasteiger charge is -2.10. The van der Waals surface area contributed by atoms with Crippen LogP contribution < -0.4 is 5.32 Å². The molecular formula is C13H14ClN3O. The van der Waals surface area contributed by atoms with E-state index in [9.17, 15) is 4.79 Å². The molecule has 3 fully saturated rings. The summed E-state index contributed by atoms with van der Waals surface area (Å²) in [6.07, 6.45) is 7.00. The number of hydrogen-bond donors (Lipinski definition) is 1. The lowest BCUT2D eigenvalue weighted by molar-refractivity contribution is 0.0939. The van der Waals surface area contributed by atoms with E-state index in [2.05, 4.69) is 15.3 Å². The van der Waals surface area contributed by atoms with Gasteiger partial charge in [0.2, 0.25) is 0 Å². The van der Waals surface area contributed by atoms with Crippen LogP contribution in [0.15, 0.2) is 12.4 Å². The summed E-state index contributed by atoms with van der Waals surface area (Å²) < 4.78 is 0. The van der Waals surface area contributed by atoms with E-state index in [4.69, 9.17) is 11.6 Å². The van der Waals surface area contributed by atoms with Gasteiger partial charge < -0.3 is 5.32 Å². The Morgan fingerprint density at radius 1 is 1.28 bits per heavy atom. The maximum atomic E-state index is 12.0. The van der Waals surface area contributed by atoms with Crippen LogP contribution in [0.25, 0.3) is 0 Å². The van der Waals surface area contributed by atoms with E-state index in [0.29, 0.717) is 11.7 Å². The lowest BCUT2D eigenvalue weighted by atomic mass is 10.0. The van der Waals surface area contributed by atoms with Crippen LogP contribution in [0.5, 0.6) is 0 Å². The van der Waals surface area contributed by atoms with Crippen molar-refractivity contribution in [2.24, 2.45) is 23.7 Å². The fraction of sp³-hybridized carbons (Fsp3) is 0.615. The summed E-state index contributed by atoms with van der Waals surface area (Å²) in [4.78, 5) is 19.9. The second-order valence-electron chi connectivity index (χ2n) is 5.71. The number of carbonyl (C=O) groups is 1. The van der Waals surface area contributed by atoms with Gasteiger partial charge in [0, 0.05) is 6.04 Å². The Bertz CT molecular complexity index is 505. The summed E-state index contributed by atoms with van der Waals surface area (Å²) in [5.41, 5.74) is 0.319. The van der Waals surface area contributed by atoms with Crippen LogP contribution in [-0.2, 0) is 0 Å². The second-order valence-corrected chi connectivity index (χ2v) is 6.10. The number of carbonyl (C=O) groups excluding carboxylic acids is 1. The zero-order chi connectivity index (χ0) is 12.3. The zero-order valence-corrected chi connectivity index (χ0v) is 10.6. The monoisotopic (exact) mass is 263 g/mol. The summed E-state index contributed by atoms with van der Waals surface area (Å²) in [6, 6.07) is 0.379. The molecule has 0 saturated heterocycles. The third-order valence-electron chi connectivity index (χ3n) is 4.87. The van der Waals surface area contributed by atoms with E-state index in [1.54, 1.807) is 0 Å². The zero-order valence-electron chi connectivity index (χ0n) is 9.84. The largest absolute Gasteiger partial charge is 0.347 e. The first kappa shape index (κ1) is 10.7. The standard InChI is InChI=1S/C13H14ClN3O/c14-9-5-15-4-8(16-9)13(18)17-12-10-6-1-2-7(3-6)11(10)12/h4-7,10-12H,1-3H2,(H,17,18). The molecule has 1 aromatic heterocycles. The SMILES string of the molecule is O=C(NC1C2C3CCC(C3)C12)c1cncc(Cl)n1. The molecule has 5 heteroatoms. The van der Waals surface area contributed by atoms with Crippen molar-refractivity contribution in [3.8, 4) is 0 Å². The van der Waals surface area contributed by atoms with Crippen molar-refractivity contribution in [2.75, 3.05) is 0 Å². The van der Waals surface area contributed by atoms with E-state index in [1.165, 1.54) is 31.7 Å². The van der Waals surface area contributed by atoms with Gasteiger partial charge in [0.1, 0.15) is 10.8 Å². The molecule has 1 heterocycles. The Hall–Kier alpha value is -1.16. The molecule has 4 unspecified atom stereocenters. The molecule has 3 aliphatic carbocycles. The molecule has 0 aromatic carbocycles. The Kier molecular flexibility index (Phi) is 2.19. The van der Waals surface area contributed by atoms with Gasteiger partial charge in [0.05, 0.1) is 12.4 Å². The second kappa shape index (κ2) is 3.67. The minimum absolute atomic E-state index is 0.135. The number of nitrogens with zero attached hydrogens (tertiary/aromatic N) is 2. The molecule has 3 aliphatic rings. The number of amides is 1. The maximum absolute atomic E-state index is 12.0. The molecule has 1 aromatic rings. The van der Waals surface area contributed by atoms with E-state index in [-0.39, 0.29) is 11.1 Å². The molecule has 3 saturated carbocycles. The van der Waals surface area contributed by atoms with Crippen molar-refractivity contribution in [2.45, 2.75) is 25.3 Å². The first-order valence-electron chi connectivity index (χ1n) is 6.52. The summed E-state index contributed by atoms with van der Waals surface area (Å²) in [7, 11) is 0. The Balaban J connectivity index is 1.46. The van der Waals surface area contributed by atoms with E-state index in [1.807, 2.05) is 0 Å². The fourth-order valence-corrected chi connectivity index (χ4v) is 4.34. The molecule has 1 amide bonds. The Morgan fingerprint density at radius 3 is 2.67 bits per heavy atom. The van der Waals surface area contributed by atoms with Gasteiger partial charge in [-0.3, -0.25) is 9.78 Å². The summed E-state index contributed by atoms with van der Waals surface area (Å²) in [5.74, 6) is 3.05. The molecule has 2 bridgehead atoms. The molecule has 4 nitrogen and oxygen atoms in total. The highest BCUT2D eigenvalue weighted by molar-refractivity contribution is 6.29. The number of hydrogen-bond acceptors (Lipinski definition) is 3. The van der Waals surface area contributed by atoms with Gasteiger partial charge in [0.15, 0.2) is 0 Å². The molecule has 94 valence electrons. The quantitative estimate of drug-likeness (QED) is 0.887. The van der Waals surface area contributed by atoms with E-state index < -0.39 is 0 Å². The minimum atomic E-state index is -0.135. The average Bonchev–Trinajstić information content (AvgIpc) is 2.77. The van der Waals surface area contributed by atoms with E-state index in [0.717, 1.165) is 23.7 Å². The third-order valence-corrected chi connectivity index (χ3v) is 5.05. The van der Waals surface area contributed by atoms with E-state index >= 15 is 0 Å². The smallest absolute Gasteiger partial charge is 0.271 e. The van der Waals surface area contributed by atoms with Gasteiger partial charge in [-0.1, -0.05) is 11.6 Å². The molecule has 4 atom stereocenters. The van der Waals surface area contributed by atoms with Crippen LogP contribution in [-0.4, -0.2) is 21.9 Å². The van der Waals surface area contributed by atoms with Crippen LogP contribution in [0, 0.1) is 23.7 Å². The van der Waals surface area contributed by atoms with Crippen LogP contribution in [0.1, 0.15) is 29.8 Å². The minimum Gasteiger partial charge on any atom is -0.347 e. The van der Waals surface area contributed by atoms with Crippen molar-refractivity contribution in [3.63, 3.8) is 0 Å². The Labute approximate surface area is 110 Å². The molecule has 1 N–H and O–H groups in total. The van der Waals surface area contributed by atoms with Gasteiger partial charge in [0.25, 0.3) is 5.91 Å². The predicted molar refractivity (Wildman–Crippen MR) is 66.1 cm³/mol. The number of halogens is 1. The van der Waals surface area contributed by atoms with Crippen molar-refractivity contribution in [1.82, 2.24) is 15.3 Å². The van der Waals surface area contributed by atoms with Gasteiger partial charge in [-0.2, -0.15) is 0 Å². The van der Waals surface area contributed by atoms with Crippen molar-refractivity contribution >= 4 is 17.5 Å². The Morgan fingerprint density at radius 2 is 2.00 bits per heavy atom. The normalized spacial score (nSPS) is 39.5. The summed E-state index contributed by atoms with van der Waals surface area (Å²) in [5, 5.41) is 3.36. The van der Waals surface area contributed by atoms with Crippen LogP contribution in [0.4, 0.5) is 0 Å². The van der Waals surface area contributed by atoms with Gasteiger partial charge in [-0.25, -0.2) is 4.98 Å². The van der Waals surface area contributed by atoms with Crippen LogP contribution in [0.2, 0.25) is 5.15 Å². The number of rotatable bonds is 2. The number of nitrogens with one attached hydrogen (secondary N) is 1. The molecule has 18 heavy (non-hydrogen) atoms. The topological polar surface area (TPSA) is 54.9 Å². The molecule has 4 rings (SSSR count). The summed E-state index contributed by atoms with van der Waals surface area (Å²) >= 11 is 5.74. The highest BCUT2D eigenvalue weighted by atomic mass is 35.5. The van der Waals surface area contributed by atoms with Crippen molar-refractivity contribution < 1.29 is 4.79 Å². The van der Waals surface area contributed by atoms with Crippen LogP contribution in [0.3, 0.4) is 0 Å². The van der Waals surface area contributed by atoms with Crippen molar-refractivity contribution in [1.29, 1.82) is 0 Å². The lowest BCUT2D eigenvalue weighted by Crippen LogP contribution is -2.30. The maximum Gasteiger partial charge on any atom is 0.271 e. The number of aromatic nitrogens is 2. The van der Waals surface area contributed by atoms with Gasteiger partial charge in [-0.15, -0.1) is 0 Å². The highest BCUT2D eigenvalue weighted by Gasteiger charge is 2.65. The molecule has 0 spiro atoms. The summed E-state index contributed by atoms with van der Waals surface area (Å²) in [6.45, 7) is 0. The fourth-order valence-electron chi connectivity index (χ4n) is 4.20. The average molecular weight is 264 g/mol. The van der Waals surface area contributed by atoms with Gasteiger partial charge >= 0.3 is 0 Å². The van der Waals surface area contributed by atoms with Crippen LogP contribution >= 0.6 is 11.6 Å². The van der Waals surface area contributed by atoms with Crippen molar-refractivity contribution in [3.05, 3.63) is 23.2 Å². The number of fused-ring (bicyclic) bond motifs is 5. The first-order valence-corrected chi connectivity index (χ1v) is 6.90. The first-order chi connectivity index (χ1) is 8.74. The molecule has 0 radical (unpaired) electrons. The van der Waals surface area contributed by atoms with Gasteiger partial charge in [-0.05, 0) is 42.9 Å². The predicted octanol–water partition coefficient (Wildman–Crippen LogP) is 1.90. The highest BCUT2D eigenvalue weighted by Crippen LogP contribution is 2.65. The molecular weight excluding hydrogens is 250 g/mol.